The summed E-state index contributed by atoms with van der Waals surface area (Å²) in [7, 11) is 0. The van der Waals surface area contributed by atoms with Crippen LogP contribution in [0.4, 0.5) is 8.78 Å². The van der Waals surface area contributed by atoms with E-state index in [1.165, 1.54) is 37.8 Å². The standard InChI is InChI=1S/C17H24BrF2N/c1-2-11-21-15(10-7-12-5-3-4-6-12)16-14(19)9-8-13(18)17(16)20/h8-9,12,15,21H,2-7,10-11H2,1H3. The smallest absolute Gasteiger partial charge is 0.145 e. The zero-order valence-electron chi connectivity index (χ0n) is 12.6. The Labute approximate surface area is 134 Å². The molecule has 4 heteroatoms. The molecule has 21 heavy (non-hydrogen) atoms. The highest BCUT2D eigenvalue weighted by Gasteiger charge is 2.23. The molecule has 1 aliphatic rings. The second-order valence-electron chi connectivity index (χ2n) is 5.99. The third kappa shape index (κ3) is 4.49. The van der Waals surface area contributed by atoms with E-state index in [2.05, 4.69) is 28.2 Å². The lowest BCUT2D eigenvalue weighted by molar-refractivity contribution is 0.390. The van der Waals surface area contributed by atoms with Gasteiger partial charge in [0, 0.05) is 11.6 Å². The van der Waals surface area contributed by atoms with Gasteiger partial charge in [-0.1, -0.05) is 32.6 Å². The molecule has 1 unspecified atom stereocenters. The molecule has 0 heterocycles. The van der Waals surface area contributed by atoms with E-state index in [9.17, 15) is 8.78 Å². The Balaban J connectivity index is 2.12. The van der Waals surface area contributed by atoms with Crippen molar-refractivity contribution >= 4 is 15.9 Å². The average molecular weight is 360 g/mol. The predicted octanol–water partition coefficient (Wildman–Crippen LogP) is 5.74. The Bertz CT molecular complexity index is 458. The average Bonchev–Trinajstić information content (AvgIpc) is 2.98. The van der Waals surface area contributed by atoms with E-state index in [1.54, 1.807) is 0 Å². The van der Waals surface area contributed by atoms with Crippen LogP contribution in [0.2, 0.25) is 0 Å². The Hall–Kier alpha value is -0.480. The van der Waals surface area contributed by atoms with Gasteiger partial charge in [0.1, 0.15) is 11.6 Å². The molecule has 1 nitrogen and oxygen atoms in total. The zero-order chi connectivity index (χ0) is 15.2. The van der Waals surface area contributed by atoms with Crippen molar-refractivity contribution in [3.63, 3.8) is 0 Å². The van der Waals surface area contributed by atoms with Gasteiger partial charge in [0.05, 0.1) is 4.47 Å². The van der Waals surface area contributed by atoms with Crippen LogP contribution < -0.4 is 5.32 Å². The van der Waals surface area contributed by atoms with Crippen LogP contribution >= 0.6 is 15.9 Å². The fraction of sp³-hybridized carbons (Fsp3) is 0.647. The summed E-state index contributed by atoms with van der Waals surface area (Å²) in [6.45, 7) is 2.84. The number of rotatable bonds is 7. The van der Waals surface area contributed by atoms with Crippen molar-refractivity contribution in [2.24, 2.45) is 5.92 Å². The highest BCUT2D eigenvalue weighted by molar-refractivity contribution is 9.10. The predicted molar refractivity (Wildman–Crippen MR) is 86.3 cm³/mol. The first-order valence-electron chi connectivity index (χ1n) is 8.00. The Morgan fingerprint density at radius 3 is 2.67 bits per heavy atom. The van der Waals surface area contributed by atoms with Gasteiger partial charge in [-0.2, -0.15) is 0 Å². The summed E-state index contributed by atoms with van der Waals surface area (Å²) in [5.74, 6) is -0.181. The van der Waals surface area contributed by atoms with Gasteiger partial charge in [-0.3, -0.25) is 0 Å². The van der Waals surface area contributed by atoms with Gasteiger partial charge in [-0.15, -0.1) is 0 Å². The van der Waals surface area contributed by atoms with Crippen LogP contribution in [0, 0.1) is 17.6 Å². The van der Waals surface area contributed by atoms with E-state index in [-0.39, 0.29) is 11.6 Å². The van der Waals surface area contributed by atoms with Gasteiger partial charge in [0.15, 0.2) is 0 Å². The molecule has 1 aromatic carbocycles. The van der Waals surface area contributed by atoms with Gasteiger partial charge < -0.3 is 5.32 Å². The molecule has 0 amide bonds. The summed E-state index contributed by atoms with van der Waals surface area (Å²) >= 11 is 3.16. The lowest BCUT2D eigenvalue weighted by Crippen LogP contribution is -2.25. The third-order valence-corrected chi connectivity index (χ3v) is 5.02. The van der Waals surface area contributed by atoms with Crippen LogP contribution in [0.1, 0.15) is 63.5 Å². The molecule has 2 rings (SSSR count). The van der Waals surface area contributed by atoms with E-state index >= 15 is 0 Å². The SMILES string of the molecule is CCCNC(CCC1CCCC1)c1c(F)ccc(Br)c1F. The largest absolute Gasteiger partial charge is 0.310 e. The van der Waals surface area contributed by atoms with Crippen LogP contribution in [0.25, 0.3) is 0 Å². The Morgan fingerprint density at radius 2 is 2.00 bits per heavy atom. The van der Waals surface area contributed by atoms with Crippen LogP contribution in [0.3, 0.4) is 0 Å². The molecule has 1 saturated carbocycles. The first-order chi connectivity index (χ1) is 10.1. The minimum Gasteiger partial charge on any atom is -0.310 e. The summed E-state index contributed by atoms with van der Waals surface area (Å²) in [5.41, 5.74) is 0.191. The van der Waals surface area contributed by atoms with Crippen molar-refractivity contribution in [2.75, 3.05) is 6.54 Å². The van der Waals surface area contributed by atoms with Crippen molar-refractivity contribution in [1.29, 1.82) is 0 Å². The minimum atomic E-state index is -0.463. The van der Waals surface area contributed by atoms with Crippen LogP contribution in [-0.2, 0) is 0 Å². The topological polar surface area (TPSA) is 12.0 Å². The third-order valence-electron chi connectivity index (χ3n) is 4.41. The molecule has 1 aromatic rings. The second kappa shape index (κ2) is 8.23. The molecule has 0 spiro atoms. The number of benzene rings is 1. The molecule has 1 atom stereocenters. The van der Waals surface area contributed by atoms with E-state index in [4.69, 9.17) is 0 Å². The van der Waals surface area contributed by atoms with E-state index in [0.717, 1.165) is 31.7 Å². The van der Waals surface area contributed by atoms with E-state index in [1.807, 2.05) is 0 Å². The molecule has 118 valence electrons. The van der Waals surface area contributed by atoms with Crippen LogP contribution in [-0.4, -0.2) is 6.54 Å². The summed E-state index contributed by atoms with van der Waals surface area (Å²) in [6.07, 6.45) is 7.95. The maximum atomic E-state index is 14.3. The molecule has 0 bridgehead atoms. The van der Waals surface area contributed by atoms with Crippen LogP contribution in [0.15, 0.2) is 16.6 Å². The Morgan fingerprint density at radius 1 is 1.29 bits per heavy atom. The monoisotopic (exact) mass is 359 g/mol. The van der Waals surface area contributed by atoms with Crippen molar-refractivity contribution in [1.82, 2.24) is 5.32 Å². The highest BCUT2D eigenvalue weighted by atomic mass is 79.9. The summed E-state index contributed by atoms with van der Waals surface area (Å²) < 4.78 is 28.8. The molecular formula is C17H24BrF2N. The number of hydrogen-bond acceptors (Lipinski definition) is 1. The lowest BCUT2D eigenvalue weighted by Gasteiger charge is -2.22. The van der Waals surface area contributed by atoms with Crippen molar-refractivity contribution in [2.45, 2.75) is 57.9 Å². The molecule has 0 radical (unpaired) electrons. The molecular weight excluding hydrogens is 336 g/mol. The number of halogens is 3. The molecule has 0 saturated heterocycles. The maximum Gasteiger partial charge on any atom is 0.145 e. The fourth-order valence-corrected chi connectivity index (χ4v) is 3.58. The summed E-state index contributed by atoms with van der Waals surface area (Å²) in [6, 6.07) is 2.55. The first-order valence-corrected chi connectivity index (χ1v) is 8.79. The lowest BCUT2D eigenvalue weighted by atomic mass is 9.94. The minimum absolute atomic E-state index is 0.191. The number of nitrogens with one attached hydrogen (secondary N) is 1. The maximum absolute atomic E-state index is 14.3. The quantitative estimate of drug-likeness (QED) is 0.612. The number of hydrogen-bond donors (Lipinski definition) is 1. The second-order valence-corrected chi connectivity index (χ2v) is 6.85. The van der Waals surface area contributed by atoms with Gasteiger partial charge in [-0.05, 0) is 59.8 Å². The highest BCUT2D eigenvalue weighted by Crippen LogP contribution is 2.34. The van der Waals surface area contributed by atoms with Gasteiger partial charge in [0.2, 0.25) is 0 Å². The fourth-order valence-electron chi connectivity index (χ4n) is 3.23. The molecule has 1 N–H and O–H groups in total. The molecule has 1 aliphatic carbocycles. The van der Waals surface area contributed by atoms with Crippen LogP contribution in [0.5, 0.6) is 0 Å². The van der Waals surface area contributed by atoms with Gasteiger partial charge in [0.25, 0.3) is 0 Å². The van der Waals surface area contributed by atoms with Gasteiger partial charge >= 0.3 is 0 Å². The summed E-state index contributed by atoms with van der Waals surface area (Å²) in [4.78, 5) is 0. The molecule has 0 aromatic heterocycles. The normalized spacial score (nSPS) is 17.3. The van der Waals surface area contributed by atoms with E-state index in [0.29, 0.717) is 4.47 Å². The Kier molecular flexibility index (Phi) is 6.62. The van der Waals surface area contributed by atoms with Crippen molar-refractivity contribution in [3.05, 3.63) is 33.8 Å². The van der Waals surface area contributed by atoms with Crippen molar-refractivity contribution in [3.8, 4) is 0 Å². The zero-order valence-corrected chi connectivity index (χ0v) is 14.2. The molecule has 1 fully saturated rings. The van der Waals surface area contributed by atoms with Crippen molar-refractivity contribution < 1.29 is 8.78 Å². The van der Waals surface area contributed by atoms with E-state index < -0.39 is 11.6 Å². The summed E-state index contributed by atoms with van der Waals surface area (Å²) in [5, 5.41) is 3.32. The first kappa shape index (κ1) is 16.9. The molecule has 0 aliphatic heterocycles. The van der Waals surface area contributed by atoms with Gasteiger partial charge in [-0.25, -0.2) is 8.78 Å².